The lowest BCUT2D eigenvalue weighted by Crippen LogP contribution is -2.45. The minimum Gasteiger partial charge on any atom is -0.394 e. The first-order valence-electron chi connectivity index (χ1n) is 16.2. The van der Waals surface area contributed by atoms with Crippen LogP contribution >= 0.6 is 0 Å². The first-order chi connectivity index (χ1) is 19.0. The Bertz CT molecular complexity index is 656. The van der Waals surface area contributed by atoms with E-state index >= 15 is 0 Å². The lowest BCUT2D eigenvalue weighted by molar-refractivity contribution is -0.123. The molecule has 0 rings (SSSR count). The van der Waals surface area contributed by atoms with E-state index in [-0.39, 0.29) is 18.3 Å². The number of unbranched alkanes of at least 4 members (excludes halogenated alkanes) is 16. The van der Waals surface area contributed by atoms with E-state index in [1.165, 1.54) is 70.6 Å². The molecule has 0 spiro atoms. The van der Waals surface area contributed by atoms with Crippen LogP contribution in [0.3, 0.4) is 0 Å². The van der Waals surface area contributed by atoms with E-state index in [0.29, 0.717) is 12.8 Å². The summed E-state index contributed by atoms with van der Waals surface area (Å²) in [6.45, 7) is 4.15. The summed E-state index contributed by atoms with van der Waals surface area (Å²) in [5.41, 5.74) is 0. The van der Waals surface area contributed by atoms with Crippen LogP contribution in [-0.2, 0) is 9.59 Å². The molecular formula is C34H61NO4. The van der Waals surface area contributed by atoms with Crippen molar-refractivity contribution < 1.29 is 19.8 Å². The molecule has 2 atom stereocenters. The van der Waals surface area contributed by atoms with Crippen molar-refractivity contribution in [1.82, 2.24) is 5.32 Å². The van der Waals surface area contributed by atoms with Gasteiger partial charge in [-0.3, -0.25) is 9.59 Å². The number of aliphatic hydroxyl groups excluding tert-OH is 2. The van der Waals surface area contributed by atoms with Crippen LogP contribution in [0, 0.1) is 0 Å². The van der Waals surface area contributed by atoms with Crippen LogP contribution in [0.2, 0.25) is 0 Å². The molecule has 0 unspecified atom stereocenters. The van der Waals surface area contributed by atoms with Gasteiger partial charge in [-0.25, -0.2) is 0 Å². The summed E-state index contributed by atoms with van der Waals surface area (Å²) in [5.74, 6) is 0.0342. The molecule has 0 aromatic heterocycles. The number of allylic oxidation sites excluding steroid dienone is 5. The van der Waals surface area contributed by atoms with E-state index in [2.05, 4.69) is 25.2 Å². The van der Waals surface area contributed by atoms with E-state index < -0.39 is 12.1 Å². The van der Waals surface area contributed by atoms with Crippen molar-refractivity contribution in [3.05, 3.63) is 36.5 Å². The van der Waals surface area contributed by atoms with Gasteiger partial charge in [0.05, 0.1) is 18.8 Å². The van der Waals surface area contributed by atoms with E-state index in [0.717, 1.165) is 51.4 Å². The molecule has 5 nitrogen and oxygen atoms in total. The highest BCUT2D eigenvalue weighted by molar-refractivity contribution is 5.89. The van der Waals surface area contributed by atoms with Crippen molar-refractivity contribution in [2.24, 2.45) is 0 Å². The quantitative estimate of drug-likeness (QED) is 0.0398. The zero-order valence-electron chi connectivity index (χ0n) is 25.4. The predicted octanol–water partition coefficient (Wildman–Crippen LogP) is 8.29. The molecule has 3 N–H and O–H groups in total. The summed E-state index contributed by atoms with van der Waals surface area (Å²) in [5, 5.41) is 22.7. The molecule has 0 aromatic rings. The SMILES string of the molecule is CCCCC/C=C\C=C\C(=O)CCCCCCCC(=O)N[C@@H](CO)[C@H](O)/C=C/CCCCCCCCCCC. The molecule has 0 aliphatic heterocycles. The molecule has 1 amide bonds. The van der Waals surface area contributed by atoms with Crippen LogP contribution in [0.4, 0.5) is 0 Å². The number of carbonyl (C=O) groups excluding carboxylic acids is 2. The van der Waals surface area contributed by atoms with Crippen LogP contribution < -0.4 is 5.32 Å². The topological polar surface area (TPSA) is 86.6 Å². The Morgan fingerprint density at radius 2 is 1.18 bits per heavy atom. The standard InChI is InChI=1S/C34H61NO4/c1-3-5-7-9-11-12-13-14-16-20-24-28-33(38)32(30-36)35-34(39)29-25-21-17-19-23-27-31(37)26-22-18-15-10-8-6-4-2/h15,18,22,24,26,28,32-33,36,38H,3-14,16-17,19-21,23,25,27,29-30H2,1-2H3,(H,35,39)/b18-15-,26-22+,28-24+/t32-,33+/m0/s1. The van der Waals surface area contributed by atoms with Crippen molar-refractivity contribution in [3.8, 4) is 0 Å². The molecule has 0 fully saturated rings. The maximum Gasteiger partial charge on any atom is 0.220 e. The number of hydrogen-bond donors (Lipinski definition) is 3. The average Bonchev–Trinajstić information content (AvgIpc) is 2.93. The fraction of sp³-hybridized carbons (Fsp3) is 0.765. The van der Waals surface area contributed by atoms with Crippen molar-refractivity contribution >= 4 is 11.7 Å². The number of aliphatic hydroxyl groups is 2. The second kappa shape index (κ2) is 29.3. The van der Waals surface area contributed by atoms with Crippen LogP contribution in [0.5, 0.6) is 0 Å². The molecule has 0 aliphatic carbocycles. The van der Waals surface area contributed by atoms with Gasteiger partial charge in [0.15, 0.2) is 5.78 Å². The number of ketones is 1. The van der Waals surface area contributed by atoms with Crippen LogP contribution in [-0.4, -0.2) is 40.7 Å². The molecule has 0 aliphatic rings. The van der Waals surface area contributed by atoms with Gasteiger partial charge in [-0.1, -0.05) is 128 Å². The van der Waals surface area contributed by atoms with Crippen molar-refractivity contribution in [2.75, 3.05) is 6.61 Å². The highest BCUT2D eigenvalue weighted by atomic mass is 16.3. The van der Waals surface area contributed by atoms with Crippen molar-refractivity contribution in [1.29, 1.82) is 0 Å². The maximum absolute atomic E-state index is 12.2. The molecule has 0 aromatic carbocycles. The van der Waals surface area contributed by atoms with Gasteiger partial charge < -0.3 is 15.5 Å². The maximum atomic E-state index is 12.2. The zero-order chi connectivity index (χ0) is 28.8. The first-order valence-corrected chi connectivity index (χ1v) is 16.2. The van der Waals surface area contributed by atoms with Gasteiger partial charge in [0.2, 0.25) is 5.91 Å². The van der Waals surface area contributed by atoms with Crippen LogP contribution in [0.25, 0.3) is 0 Å². The average molecular weight is 548 g/mol. The number of amides is 1. The predicted molar refractivity (Wildman–Crippen MR) is 166 cm³/mol. The summed E-state index contributed by atoms with van der Waals surface area (Å²) < 4.78 is 0. The van der Waals surface area contributed by atoms with Crippen LogP contribution in [0.1, 0.15) is 149 Å². The van der Waals surface area contributed by atoms with Gasteiger partial charge in [-0.05, 0) is 44.6 Å². The van der Waals surface area contributed by atoms with Gasteiger partial charge in [0.1, 0.15) is 0 Å². The Morgan fingerprint density at radius 1 is 0.667 bits per heavy atom. The largest absolute Gasteiger partial charge is 0.394 e. The molecule has 226 valence electrons. The fourth-order valence-electron chi connectivity index (χ4n) is 4.51. The lowest BCUT2D eigenvalue weighted by atomic mass is 10.1. The third kappa shape index (κ3) is 26.3. The zero-order valence-corrected chi connectivity index (χ0v) is 25.4. The molecule has 5 heteroatoms. The summed E-state index contributed by atoms with van der Waals surface area (Å²) >= 11 is 0. The molecule has 0 saturated carbocycles. The molecule has 0 radical (unpaired) electrons. The minimum absolute atomic E-state index is 0.136. The Morgan fingerprint density at radius 3 is 1.82 bits per heavy atom. The first kappa shape index (κ1) is 37.3. The second-order valence-electron chi connectivity index (χ2n) is 10.9. The molecular weight excluding hydrogens is 486 g/mol. The number of rotatable bonds is 28. The summed E-state index contributed by atoms with van der Waals surface area (Å²) in [7, 11) is 0. The van der Waals surface area contributed by atoms with Gasteiger partial charge in [0, 0.05) is 12.8 Å². The number of nitrogens with one attached hydrogen (secondary N) is 1. The van der Waals surface area contributed by atoms with Gasteiger partial charge in [-0.15, -0.1) is 0 Å². The molecule has 0 saturated heterocycles. The Labute approximate surface area is 240 Å². The fourth-order valence-corrected chi connectivity index (χ4v) is 4.51. The van der Waals surface area contributed by atoms with E-state index in [1.807, 2.05) is 18.2 Å². The molecule has 0 heterocycles. The van der Waals surface area contributed by atoms with Gasteiger partial charge >= 0.3 is 0 Å². The molecule has 39 heavy (non-hydrogen) atoms. The summed E-state index contributed by atoms with van der Waals surface area (Å²) in [4.78, 5) is 24.1. The van der Waals surface area contributed by atoms with Crippen LogP contribution in [0.15, 0.2) is 36.5 Å². The Kier molecular flexibility index (Phi) is 28.0. The highest BCUT2D eigenvalue weighted by Gasteiger charge is 2.17. The van der Waals surface area contributed by atoms with E-state index in [9.17, 15) is 19.8 Å². The normalized spacial score (nSPS) is 13.5. The van der Waals surface area contributed by atoms with Crippen molar-refractivity contribution in [3.63, 3.8) is 0 Å². The van der Waals surface area contributed by atoms with E-state index in [4.69, 9.17) is 0 Å². The van der Waals surface area contributed by atoms with Crippen molar-refractivity contribution in [2.45, 2.75) is 161 Å². The lowest BCUT2D eigenvalue weighted by Gasteiger charge is -2.20. The molecule has 0 bridgehead atoms. The number of hydrogen-bond acceptors (Lipinski definition) is 4. The smallest absolute Gasteiger partial charge is 0.220 e. The van der Waals surface area contributed by atoms with E-state index in [1.54, 1.807) is 12.2 Å². The Hall–Kier alpha value is -1.72. The monoisotopic (exact) mass is 547 g/mol. The minimum atomic E-state index is -0.874. The summed E-state index contributed by atoms with van der Waals surface area (Å²) in [6.07, 6.45) is 33.1. The van der Waals surface area contributed by atoms with Gasteiger partial charge in [-0.2, -0.15) is 0 Å². The second-order valence-corrected chi connectivity index (χ2v) is 10.9. The number of carbonyl (C=O) groups is 2. The third-order valence-corrected chi connectivity index (χ3v) is 7.09. The highest BCUT2D eigenvalue weighted by Crippen LogP contribution is 2.11. The Balaban J connectivity index is 3.80. The van der Waals surface area contributed by atoms with Gasteiger partial charge in [0.25, 0.3) is 0 Å². The third-order valence-electron chi connectivity index (χ3n) is 7.09. The summed E-state index contributed by atoms with van der Waals surface area (Å²) in [6, 6.07) is -0.665.